The highest BCUT2D eigenvalue weighted by atomic mass is 19.4. The monoisotopic (exact) mass is 449 g/mol. The molecule has 1 aromatic carbocycles. The molecule has 0 heterocycles. The fourth-order valence-corrected chi connectivity index (χ4v) is 2.01. The van der Waals surface area contributed by atoms with Crippen LogP contribution >= 0.6 is 0 Å². The van der Waals surface area contributed by atoms with Crippen LogP contribution in [-0.2, 0) is 6.42 Å². The summed E-state index contributed by atoms with van der Waals surface area (Å²) < 4.78 is 168. The maximum atomic E-state index is 13.6. The Kier molecular flexibility index (Phi) is 6.20. The van der Waals surface area contributed by atoms with E-state index in [0.29, 0.717) is 0 Å². The first kappa shape index (κ1) is 24.8. The highest BCUT2D eigenvalue weighted by molar-refractivity contribution is 5.31. The summed E-state index contributed by atoms with van der Waals surface area (Å²) in [5.74, 6) is -36.8. The second-order valence-corrected chi connectivity index (χ2v) is 5.81. The van der Waals surface area contributed by atoms with Crippen molar-refractivity contribution in [2.75, 3.05) is 0 Å². The zero-order valence-electron chi connectivity index (χ0n) is 13.6. The quantitative estimate of drug-likeness (QED) is 0.453. The van der Waals surface area contributed by atoms with Crippen LogP contribution < -0.4 is 0 Å². The molecule has 29 heavy (non-hydrogen) atoms. The van der Waals surface area contributed by atoms with E-state index in [1.54, 1.807) is 6.07 Å². The summed E-state index contributed by atoms with van der Waals surface area (Å²) in [5.41, 5.74) is -0.262. The van der Waals surface area contributed by atoms with Crippen LogP contribution in [-0.4, -0.2) is 35.8 Å². The predicted molar refractivity (Wildman–Crippen MR) is 70.3 cm³/mol. The van der Waals surface area contributed by atoms with E-state index in [4.69, 9.17) is 5.26 Å². The maximum Gasteiger partial charge on any atom is 0.460 e. The van der Waals surface area contributed by atoms with E-state index in [2.05, 4.69) is 0 Å². The first-order valence-electron chi connectivity index (χ1n) is 7.21. The van der Waals surface area contributed by atoms with Crippen LogP contribution in [0.3, 0.4) is 0 Å². The average Bonchev–Trinajstić information content (AvgIpc) is 2.58. The molecule has 0 unspecified atom stereocenters. The number of rotatable bonds is 7. The van der Waals surface area contributed by atoms with Crippen molar-refractivity contribution in [3.05, 3.63) is 35.4 Å². The van der Waals surface area contributed by atoms with E-state index < -0.39 is 48.6 Å². The van der Waals surface area contributed by atoms with Gasteiger partial charge in [0.2, 0.25) is 0 Å². The van der Waals surface area contributed by atoms with Crippen molar-refractivity contribution >= 4 is 0 Å². The van der Waals surface area contributed by atoms with E-state index >= 15 is 0 Å². The molecule has 14 heteroatoms. The molecule has 0 aromatic heterocycles. The number of nitrogens with zero attached hydrogens (tertiary/aromatic N) is 1. The summed E-state index contributed by atoms with van der Waals surface area (Å²) >= 11 is 0. The molecule has 1 aromatic rings. The minimum Gasteiger partial charge on any atom is -0.200 e. The van der Waals surface area contributed by atoms with E-state index in [0.717, 1.165) is 24.3 Å². The van der Waals surface area contributed by atoms with Gasteiger partial charge in [-0.25, -0.2) is 0 Å². The first-order chi connectivity index (χ1) is 12.8. The minimum absolute atomic E-state index is 0.00797. The summed E-state index contributed by atoms with van der Waals surface area (Å²) in [6.07, 6.45) is -10.9. The Morgan fingerprint density at radius 2 is 1.03 bits per heavy atom. The van der Waals surface area contributed by atoms with Crippen LogP contribution in [0.4, 0.5) is 57.1 Å². The highest BCUT2D eigenvalue weighted by Gasteiger charge is 2.90. The topological polar surface area (TPSA) is 23.8 Å². The number of benzene rings is 1. The summed E-state index contributed by atoms with van der Waals surface area (Å²) in [7, 11) is 0. The van der Waals surface area contributed by atoms with E-state index in [1.807, 2.05) is 0 Å². The van der Waals surface area contributed by atoms with Crippen LogP contribution in [0.2, 0.25) is 0 Å². The number of nitriles is 1. The number of alkyl halides is 13. The summed E-state index contributed by atoms with van der Waals surface area (Å²) in [5, 5.41) is 8.52. The van der Waals surface area contributed by atoms with Crippen LogP contribution in [0.15, 0.2) is 24.3 Å². The summed E-state index contributed by atoms with van der Waals surface area (Å²) in [4.78, 5) is 0. The number of aryl methyl sites for hydroxylation is 1. The van der Waals surface area contributed by atoms with E-state index in [1.165, 1.54) is 0 Å². The highest BCUT2D eigenvalue weighted by Crippen LogP contribution is 2.60. The zero-order chi connectivity index (χ0) is 23.1. The second-order valence-electron chi connectivity index (χ2n) is 5.81. The number of hydrogen-bond acceptors (Lipinski definition) is 1. The molecular weight excluding hydrogens is 441 g/mol. The largest absolute Gasteiger partial charge is 0.460 e. The molecule has 1 nitrogen and oxygen atoms in total. The average molecular weight is 449 g/mol. The fourth-order valence-electron chi connectivity index (χ4n) is 2.01. The molecule has 1 rings (SSSR count). The Morgan fingerprint density at radius 3 is 1.41 bits per heavy atom. The fraction of sp³-hybridized carbons (Fsp3) is 0.533. The molecule has 0 saturated carbocycles. The molecular formula is C15H8F13N. The van der Waals surface area contributed by atoms with Gasteiger partial charge in [-0.1, -0.05) is 12.1 Å². The van der Waals surface area contributed by atoms with Crippen LogP contribution in [0.1, 0.15) is 17.5 Å². The smallest absolute Gasteiger partial charge is 0.200 e. The van der Waals surface area contributed by atoms with Gasteiger partial charge in [-0.05, 0) is 24.1 Å². The van der Waals surface area contributed by atoms with Gasteiger partial charge in [-0.3, -0.25) is 0 Å². The molecule has 0 fully saturated rings. The van der Waals surface area contributed by atoms with Gasteiger partial charge in [0.15, 0.2) is 0 Å². The Morgan fingerprint density at radius 1 is 0.621 bits per heavy atom. The third-order valence-corrected chi connectivity index (χ3v) is 3.81. The lowest BCUT2D eigenvalue weighted by atomic mass is 9.91. The molecule has 0 aliphatic heterocycles. The molecule has 0 N–H and O–H groups in total. The Hall–Kier alpha value is -2.20. The van der Waals surface area contributed by atoms with Gasteiger partial charge >= 0.3 is 35.8 Å². The molecule has 0 bridgehead atoms. The lowest BCUT2D eigenvalue weighted by molar-refractivity contribution is -0.440. The SMILES string of the molecule is N#Cc1ccc(CCC(F)(F)C(F)(F)C(F)(F)C(F)(F)C(F)(F)C(F)(F)F)cc1. The predicted octanol–water partition coefficient (Wildman–Crippen LogP) is 6.23. The molecule has 0 amide bonds. The summed E-state index contributed by atoms with van der Waals surface area (Å²) in [6, 6.07) is 5.48. The number of halogens is 13. The standard InChI is InChI=1S/C15H8F13N/c16-10(17,6-5-8-1-3-9(7-29)4-2-8)11(18,19)12(20,21)13(22,23)14(24,25)15(26,27)28/h1-4H,5-6H2. The second kappa shape index (κ2) is 7.24. The van der Waals surface area contributed by atoms with E-state index in [-0.39, 0.29) is 11.1 Å². The molecule has 0 aliphatic rings. The van der Waals surface area contributed by atoms with Crippen molar-refractivity contribution in [3.63, 3.8) is 0 Å². The molecule has 0 saturated heterocycles. The van der Waals surface area contributed by atoms with Crippen molar-refractivity contribution in [1.29, 1.82) is 5.26 Å². The zero-order valence-corrected chi connectivity index (χ0v) is 13.6. The third-order valence-electron chi connectivity index (χ3n) is 3.81. The van der Waals surface area contributed by atoms with Gasteiger partial charge in [0, 0.05) is 6.42 Å². The van der Waals surface area contributed by atoms with Gasteiger partial charge in [0.25, 0.3) is 0 Å². The lowest BCUT2D eigenvalue weighted by Crippen LogP contribution is -2.70. The van der Waals surface area contributed by atoms with Crippen LogP contribution in [0.5, 0.6) is 0 Å². The van der Waals surface area contributed by atoms with Crippen molar-refractivity contribution in [2.24, 2.45) is 0 Å². The molecule has 164 valence electrons. The molecule has 0 radical (unpaired) electrons. The minimum atomic E-state index is -7.89. The Bertz CT molecular complexity index is 756. The van der Waals surface area contributed by atoms with Crippen molar-refractivity contribution < 1.29 is 57.1 Å². The Labute approximate surface area is 153 Å². The molecule has 0 spiro atoms. The lowest BCUT2D eigenvalue weighted by Gasteiger charge is -2.39. The number of hydrogen-bond donors (Lipinski definition) is 0. The normalized spacial score (nSPS) is 14.6. The third kappa shape index (κ3) is 3.95. The van der Waals surface area contributed by atoms with Gasteiger partial charge < -0.3 is 0 Å². The summed E-state index contributed by atoms with van der Waals surface area (Å²) in [6.45, 7) is 0. The Balaban J connectivity index is 3.22. The van der Waals surface area contributed by atoms with Gasteiger partial charge in [0.1, 0.15) is 0 Å². The first-order valence-corrected chi connectivity index (χ1v) is 7.21. The molecule has 0 aliphatic carbocycles. The van der Waals surface area contributed by atoms with Gasteiger partial charge in [-0.2, -0.15) is 62.3 Å². The van der Waals surface area contributed by atoms with Crippen molar-refractivity contribution in [3.8, 4) is 6.07 Å². The van der Waals surface area contributed by atoms with Crippen LogP contribution in [0.25, 0.3) is 0 Å². The maximum absolute atomic E-state index is 13.6. The van der Waals surface area contributed by atoms with Gasteiger partial charge in [-0.15, -0.1) is 0 Å². The van der Waals surface area contributed by atoms with Gasteiger partial charge in [0.05, 0.1) is 11.6 Å². The van der Waals surface area contributed by atoms with Crippen molar-refractivity contribution in [1.82, 2.24) is 0 Å². The van der Waals surface area contributed by atoms with Crippen molar-refractivity contribution in [2.45, 2.75) is 48.6 Å². The van der Waals surface area contributed by atoms with E-state index in [9.17, 15) is 57.1 Å². The molecule has 0 atom stereocenters. The van der Waals surface area contributed by atoms with Crippen LogP contribution in [0, 0.1) is 11.3 Å².